The van der Waals surface area contributed by atoms with E-state index in [1.807, 2.05) is 0 Å². The molecule has 2 unspecified atom stereocenters. The average Bonchev–Trinajstić information content (AvgIpc) is 2.88. The Balaban J connectivity index is 2.31. The number of halogens is 1. The summed E-state index contributed by atoms with van der Waals surface area (Å²) in [5.74, 6) is -3.15. The molecule has 0 amide bonds. The van der Waals surface area contributed by atoms with Gasteiger partial charge in [-0.3, -0.25) is 9.09 Å². The fraction of sp³-hybridized carbons (Fsp3) is 0.714. The van der Waals surface area contributed by atoms with Gasteiger partial charge in [0.15, 0.2) is 0 Å². The lowest BCUT2D eigenvalue weighted by atomic mass is 9.87. The van der Waals surface area contributed by atoms with Gasteiger partial charge in [-0.25, -0.2) is 22.9 Å². The highest BCUT2D eigenvalue weighted by Gasteiger charge is 2.61. The topological polar surface area (TPSA) is 250 Å². The van der Waals surface area contributed by atoms with Crippen LogP contribution in [-0.4, -0.2) is 59.2 Å². The Hall–Kier alpha value is -1.06. The predicted molar refractivity (Wildman–Crippen MR) is 111 cm³/mol. The summed E-state index contributed by atoms with van der Waals surface area (Å²) in [6.45, 7) is 1.52. The molecular formula is C14H25FN3O13P3. The maximum absolute atomic E-state index is 15.8. The Morgan fingerprint density at radius 2 is 1.88 bits per heavy atom. The number of phosphoric acid groups is 3. The van der Waals surface area contributed by atoms with Gasteiger partial charge in [0.05, 0.1) is 6.61 Å². The molecule has 0 spiro atoms. The number of hydrogen-bond donors (Lipinski definition) is 6. The number of alkyl halides is 1. The molecule has 196 valence electrons. The normalized spacial score (nSPS) is 29.1. The minimum atomic E-state index is -5.79. The Kier molecular flexibility index (Phi) is 8.69. The maximum Gasteiger partial charge on any atom is 0.490 e. The minimum Gasteiger partial charge on any atom is -0.385 e. The quantitative estimate of drug-likeness (QED) is 0.202. The molecule has 2 rings (SSSR count). The van der Waals surface area contributed by atoms with Gasteiger partial charge in [0.25, 0.3) is 0 Å². The van der Waals surface area contributed by atoms with Gasteiger partial charge in [0.2, 0.25) is 5.79 Å². The van der Waals surface area contributed by atoms with Gasteiger partial charge in [-0.1, -0.05) is 13.8 Å². The van der Waals surface area contributed by atoms with E-state index in [-0.39, 0.29) is 24.6 Å². The van der Waals surface area contributed by atoms with E-state index in [0.29, 0.717) is 4.57 Å². The van der Waals surface area contributed by atoms with Crippen molar-refractivity contribution in [2.75, 3.05) is 18.9 Å². The lowest BCUT2D eigenvalue weighted by Crippen LogP contribution is -2.54. The Morgan fingerprint density at radius 3 is 2.41 bits per heavy atom. The van der Waals surface area contributed by atoms with Crippen molar-refractivity contribution in [3.8, 4) is 0 Å². The first-order chi connectivity index (χ1) is 15.3. The van der Waals surface area contributed by atoms with Gasteiger partial charge in [-0.05, 0) is 24.8 Å². The average molecular weight is 555 g/mol. The molecule has 1 aromatic heterocycles. The standard InChI is InChI=1S/C14H25FN3O13P3/c1-9(2)3-5-13(7-29-33(24,25)31-34(26,27)30-32(21,22)23)11(19)14(15,8-28-13)18-6-4-10(16)17-12(18)20/h4,6,9,11,19H,3,5,7-8H2,1-2H3,(H,24,25)(H,26,27)(H2,16,17,20)(H2,21,22,23)/t11-,13-,14+/m1/s1. The number of nitrogens with zero attached hydrogens (tertiary/aromatic N) is 2. The molecule has 20 heteroatoms. The summed E-state index contributed by atoms with van der Waals surface area (Å²) < 4.78 is 67.9. The van der Waals surface area contributed by atoms with Crippen molar-refractivity contribution >= 4 is 29.3 Å². The van der Waals surface area contributed by atoms with Crippen molar-refractivity contribution in [2.24, 2.45) is 5.92 Å². The summed E-state index contributed by atoms with van der Waals surface area (Å²) in [5, 5.41) is 10.9. The highest BCUT2D eigenvalue weighted by atomic mass is 31.3. The predicted octanol–water partition coefficient (Wildman–Crippen LogP) is 0.357. The third kappa shape index (κ3) is 7.23. The summed E-state index contributed by atoms with van der Waals surface area (Å²) in [5.41, 5.74) is 2.17. The van der Waals surface area contributed by atoms with E-state index in [1.54, 1.807) is 13.8 Å². The minimum absolute atomic E-state index is 0.0327. The zero-order valence-electron chi connectivity index (χ0n) is 17.8. The molecule has 1 fully saturated rings. The summed E-state index contributed by atoms with van der Waals surface area (Å²) in [4.78, 5) is 51.7. The first-order valence-corrected chi connectivity index (χ1v) is 14.0. The van der Waals surface area contributed by atoms with Gasteiger partial charge in [0.1, 0.15) is 24.1 Å². The van der Waals surface area contributed by atoms with Crippen molar-refractivity contribution in [2.45, 2.75) is 44.2 Å². The molecule has 1 aliphatic rings. The number of phosphoric ester groups is 1. The number of ether oxygens (including phenoxy) is 1. The van der Waals surface area contributed by atoms with Crippen molar-refractivity contribution < 1.29 is 60.6 Å². The van der Waals surface area contributed by atoms with Gasteiger partial charge < -0.3 is 35.2 Å². The van der Waals surface area contributed by atoms with Crippen molar-refractivity contribution in [3.63, 3.8) is 0 Å². The van der Waals surface area contributed by atoms with Crippen LogP contribution in [0.1, 0.15) is 26.7 Å². The molecule has 5 atom stereocenters. The van der Waals surface area contributed by atoms with E-state index in [2.05, 4.69) is 18.1 Å². The van der Waals surface area contributed by atoms with Crippen molar-refractivity contribution in [1.82, 2.24) is 9.55 Å². The summed E-state index contributed by atoms with van der Waals surface area (Å²) in [7, 11) is -17.0. The first-order valence-electron chi connectivity index (χ1n) is 9.46. The molecule has 16 nitrogen and oxygen atoms in total. The summed E-state index contributed by atoms with van der Waals surface area (Å²) in [6.07, 6.45) is -1.17. The van der Waals surface area contributed by atoms with Crippen molar-refractivity contribution in [3.05, 3.63) is 22.7 Å². The SMILES string of the molecule is CC(C)CC[C@]1(COP(=O)(O)OP(=O)(O)OP(=O)(O)O)OC[C@](F)(n2ccc(N)nc2=O)[C@@H]1O. The smallest absolute Gasteiger partial charge is 0.385 e. The molecule has 2 heterocycles. The van der Waals surface area contributed by atoms with E-state index < -0.39 is 59.9 Å². The summed E-state index contributed by atoms with van der Waals surface area (Å²) >= 11 is 0. The molecule has 1 saturated heterocycles. The largest absolute Gasteiger partial charge is 0.490 e. The Morgan fingerprint density at radius 1 is 1.26 bits per heavy atom. The Bertz CT molecular complexity index is 1100. The highest BCUT2D eigenvalue weighted by Crippen LogP contribution is 2.66. The van der Waals surface area contributed by atoms with E-state index in [1.165, 1.54) is 0 Å². The first kappa shape index (κ1) is 29.2. The molecule has 34 heavy (non-hydrogen) atoms. The molecule has 0 bridgehead atoms. The van der Waals surface area contributed by atoms with Crippen LogP contribution in [0, 0.1) is 5.92 Å². The third-order valence-electron chi connectivity index (χ3n) is 4.74. The van der Waals surface area contributed by atoms with Gasteiger partial charge in [-0.15, -0.1) is 0 Å². The van der Waals surface area contributed by atoms with Gasteiger partial charge in [-0.2, -0.15) is 13.6 Å². The lowest BCUT2D eigenvalue weighted by molar-refractivity contribution is -0.111. The molecule has 0 radical (unpaired) electrons. The molecule has 0 saturated carbocycles. The van der Waals surface area contributed by atoms with Crippen LogP contribution in [0.25, 0.3) is 0 Å². The van der Waals surface area contributed by atoms with Gasteiger partial charge in [0, 0.05) is 6.20 Å². The van der Waals surface area contributed by atoms with Crippen LogP contribution in [0.4, 0.5) is 10.2 Å². The van der Waals surface area contributed by atoms with E-state index in [9.17, 15) is 33.4 Å². The van der Waals surface area contributed by atoms with Crippen LogP contribution in [0.5, 0.6) is 0 Å². The van der Waals surface area contributed by atoms with Gasteiger partial charge >= 0.3 is 29.2 Å². The number of nitrogen functional groups attached to an aromatic ring is 1. The number of anilines is 1. The fourth-order valence-electron chi connectivity index (χ4n) is 3.14. The van der Waals surface area contributed by atoms with E-state index >= 15 is 4.39 Å². The van der Waals surface area contributed by atoms with Crippen LogP contribution >= 0.6 is 23.5 Å². The monoisotopic (exact) mass is 555 g/mol. The molecule has 7 N–H and O–H groups in total. The number of aliphatic hydroxyl groups excluding tert-OH is 1. The van der Waals surface area contributed by atoms with Crippen molar-refractivity contribution in [1.29, 1.82) is 0 Å². The van der Waals surface area contributed by atoms with Crippen LogP contribution < -0.4 is 11.4 Å². The number of rotatable bonds is 11. The zero-order valence-corrected chi connectivity index (χ0v) is 20.5. The number of aromatic nitrogens is 2. The molecular weight excluding hydrogens is 530 g/mol. The van der Waals surface area contributed by atoms with Crippen LogP contribution in [0.3, 0.4) is 0 Å². The second kappa shape index (κ2) is 10.1. The van der Waals surface area contributed by atoms with E-state index in [4.69, 9.17) is 20.3 Å². The number of aliphatic hydroxyl groups is 1. The number of hydrogen-bond acceptors (Lipinski definition) is 11. The van der Waals surface area contributed by atoms with Crippen LogP contribution in [-0.2, 0) is 37.4 Å². The van der Waals surface area contributed by atoms with Crippen LogP contribution in [0.15, 0.2) is 17.1 Å². The summed E-state index contributed by atoms with van der Waals surface area (Å²) in [6, 6.07) is 1.09. The second-order valence-electron chi connectivity index (χ2n) is 7.88. The third-order valence-corrected chi connectivity index (χ3v) is 8.52. The molecule has 1 aliphatic heterocycles. The zero-order chi connectivity index (χ0) is 26.2. The fourth-order valence-corrected chi connectivity index (χ4v) is 6.21. The Labute approximate surface area is 191 Å². The highest BCUT2D eigenvalue weighted by molar-refractivity contribution is 7.66. The lowest BCUT2D eigenvalue weighted by Gasteiger charge is -2.35. The number of nitrogens with two attached hydrogens (primary N) is 1. The van der Waals surface area contributed by atoms with Crippen LogP contribution in [0.2, 0.25) is 0 Å². The molecule has 0 aliphatic carbocycles. The maximum atomic E-state index is 15.8. The second-order valence-corrected chi connectivity index (χ2v) is 12.3. The molecule has 1 aromatic rings. The molecule has 0 aromatic carbocycles. The van der Waals surface area contributed by atoms with E-state index in [0.717, 1.165) is 12.3 Å².